The van der Waals surface area contributed by atoms with Crippen molar-refractivity contribution in [3.05, 3.63) is 93.4 Å². The highest BCUT2D eigenvalue weighted by Crippen LogP contribution is 2.35. The molecule has 0 saturated carbocycles. The van der Waals surface area contributed by atoms with E-state index in [1.807, 2.05) is 32.0 Å². The van der Waals surface area contributed by atoms with Crippen LogP contribution in [0.4, 0.5) is 9.18 Å². The zero-order valence-corrected chi connectivity index (χ0v) is 18.5. The first kappa shape index (κ1) is 21.1. The monoisotopic (exact) mass is 434 g/mol. The zero-order chi connectivity index (χ0) is 22.1. The Bertz CT molecular complexity index is 1210. The van der Waals surface area contributed by atoms with Crippen molar-refractivity contribution in [2.45, 2.75) is 33.7 Å². The van der Waals surface area contributed by atoms with Gasteiger partial charge < -0.3 is 4.57 Å². The lowest BCUT2D eigenvalue weighted by Gasteiger charge is -2.14. The van der Waals surface area contributed by atoms with Crippen LogP contribution in [0, 0.1) is 19.7 Å². The van der Waals surface area contributed by atoms with Gasteiger partial charge in [0.1, 0.15) is 5.82 Å². The molecule has 2 aromatic carbocycles. The molecule has 0 aliphatic carbocycles. The lowest BCUT2D eigenvalue weighted by Crippen LogP contribution is -2.27. The molecule has 0 unspecified atom stereocenters. The molecule has 6 heteroatoms. The molecule has 1 aromatic heterocycles. The number of benzene rings is 2. The maximum Gasteiger partial charge on any atom is 0.293 e. The van der Waals surface area contributed by atoms with E-state index in [9.17, 15) is 14.0 Å². The second-order valence-electron chi connectivity index (χ2n) is 7.50. The predicted octanol–water partition coefficient (Wildman–Crippen LogP) is 6.03. The van der Waals surface area contributed by atoms with Crippen LogP contribution in [0.1, 0.15) is 35.0 Å². The Hall–Kier alpha value is -3.12. The SMILES string of the molecule is CCc1ccccc1-n1c(C)cc(/C=C2/SC(=O)N(Cc3ccccc3F)C2=O)c1C. The van der Waals surface area contributed by atoms with E-state index in [0.717, 1.165) is 45.7 Å². The summed E-state index contributed by atoms with van der Waals surface area (Å²) in [5.74, 6) is -0.819. The molecule has 4 nitrogen and oxygen atoms in total. The number of para-hydroxylation sites is 1. The molecule has 1 aliphatic heterocycles. The number of hydrogen-bond donors (Lipinski definition) is 0. The van der Waals surface area contributed by atoms with Gasteiger partial charge >= 0.3 is 0 Å². The number of carbonyl (C=O) groups excluding carboxylic acids is 2. The highest BCUT2D eigenvalue weighted by molar-refractivity contribution is 8.18. The lowest BCUT2D eigenvalue weighted by molar-refractivity contribution is -0.123. The van der Waals surface area contributed by atoms with Crippen LogP contribution in [0.3, 0.4) is 0 Å². The average molecular weight is 435 g/mol. The molecule has 2 heterocycles. The maximum atomic E-state index is 14.0. The summed E-state index contributed by atoms with van der Waals surface area (Å²) in [7, 11) is 0. The van der Waals surface area contributed by atoms with Gasteiger partial charge in [-0.3, -0.25) is 14.5 Å². The van der Waals surface area contributed by atoms with E-state index >= 15 is 0 Å². The van der Waals surface area contributed by atoms with Crippen LogP contribution in [0.5, 0.6) is 0 Å². The molecular weight excluding hydrogens is 411 g/mol. The Kier molecular flexibility index (Phi) is 5.83. The summed E-state index contributed by atoms with van der Waals surface area (Å²) in [4.78, 5) is 26.8. The maximum absolute atomic E-state index is 14.0. The standard InChI is InChI=1S/C25H23FN2O2S/c1-4-18-9-6-8-12-22(18)28-16(2)13-20(17(28)3)14-23-24(29)27(25(30)31-23)15-19-10-5-7-11-21(19)26/h5-14H,4,15H2,1-3H3/b23-14+. The number of aryl methyl sites for hydroxylation is 2. The average Bonchev–Trinajstić information content (AvgIpc) is 3.18. The van der Waals surface area contributed by atoms with E-state index in [0.29, 0.717) is 10.5 Å². The fraction of sp³-hybridized carbons (Fsp3) is 0.200. The van der Waals surface area contributed by atoms with Crippen LogP contribution >= 0.6 is 11.8 Å². The third-order valence-corrected chi connectivity index (χ3v) is 6.44. The Morgan fingerprint density at radius 1 is 1.00 bits per heavy atom. The van der Waals surface area contributed by atoms with Crippen molar-refractivity contribution in [2.75, 3.05) is 0 Å². The molecule has 1 aliphatic rings. The van der Waals surface area contributed by atoms with Gasteiger partial charge in [-0.05, 0) is 67.4 Å². The van der Waals surface area contributed by atoms with Gasteiger partial charge in [0.15, 0.2) is 0 Å². The van der Waals surface area contributed by atoms with Gasteiger partial charge in [0.05, 0.1) is 11.4 Å². The minimum absolute atomic E-state index is 0.0718. The van der Waals surface area contributed by atoms with Gasteiger partial charge in [-0.1, -0.05) is 43.3 Å². The second kappa shape index (κ2) is 8.55. The van der Waals surface area contributed by atoms with Crippen LogP contribution in [-0.2, 0) is 17.8 Å². The zero-order valence-electron chi connectivity index (χ0n) is 17.7. The molecule has 0 radical (unpaired) electrons. The molecule has 0 N–H and O–H groups in total. The number of rotatable bonds is 5. The Balaban J connectivity index is 1.66. The topological polar surface area (TPSA) is 42.3 Å². The van der Waals surface area contributed by atoms with E-state index in [2.05, 4.69) is 23.6 Å². The molecule has 0 atom stereocenters. The molecule has 3 aromatic rings. The molecule has 4 rings (SSSR count). The predicted molar refractivity (Wildman–Crippen MR) is 123 cm³/mol. The van der Waals surface area contributed by atoms with Crippen molar-refractivity contribution < 1.29 is 14.0 Å². The number of aromatic nitrogens is 1. The minimum atomic E-state index is -0.427. The molecular formula is C25H23FN2O2S. The van der Waals surface area contributed by atoms with Crippen molar-refractivity contribution in [3.63, 3.8) is 0 Å². The Labute approximate surface area is 185 Å². The number of amides is 2. The lowest BCUT2D eigenvalue weighted by atomic mass is 10.1. The summed E-state index contributed by atoms with van der Waals surface area (Å²) in [6.45, 7) is 6.09. The summed E-state index contributed by atoms with van der Waals surface area (Å²) in [5, 5.41) is -0.385. The first-order valence-corrected chi connectivity index (χ1v) is 11.0. The highest BCUT2D eigenvalue weighted by atomic mass is 32.2. The minimum Gasteiger partial charge on any atom is -0.318 e. The normalized spacial score (nSPS) is 15.4. The fourth-order valence-electron chi connectivity index (χ4n) is 3.91. The van der Waals surface area contributed by atoms with Gasteiger partial charge in [0, 0.05) is 22.6 Å². The van der Waals surface area contributed by atoms with E-state index in [1.54, 1.807) is 24.3 Å². The Morgan fingerprint density at radius 3 is 2.39 bits per heavy atom. The van der Waals surface area contributed by atoms with Crippen LogP contribution in [0.25, 0.3) is 11.8 Å². The first-order chi connectivity index (χ1) is 14.9. The summed E-state index contributed by atoms with van der Waals surface area (Å²) in [6, 6.07) is 16.5. The summed E-state index contributed by atoms with van der Waals surface area (Å²) >= 11 is 0.896. The van der Waals surface area contributed by atoms with Crippen LogP contribution in [-0.4, -0.2) is 20.6 Å². The molecule has 1 saturated heterocycles. The largest absolute Gasteiger partial charge is 0.318 e. The van der Waals surface area contributed by atoms with Crippen molar-refractivity contribution in [1.29, 1.82) is 0 Å². The number of halogens is 1. The van der Waals surface area contributed by atoms with Gasteiger partial charge in [-0.15, -0.1) is 0 Å². The Morgan fingerprint density at radius 2 is 1.68 bits per heavy atom. The van der Waals surface area contributed by atoms with E-state index in [1.165, 1.54) is 11.6 Å². The van der Waals surface area contributed by atoms with Crippen molar-refractivity contribution >= 4 is 29.0 Å². The van der Waals surface area contributed by atoms with E-state index in [4.69, 9.17) is 0 Å². The van der Waals surface area contributed by atoms with Crippen LogP contribution in [0.2, 0.25) is 0 Å². The van der Waals surface area contributed by atoms with E-state index < -0.39 is 11.7 Å². The third kappa shape index (κ3) is 3.95. The summed E-state index contributed by atoms with van der Waals surface area (Å²) in [5.41, 5.74) is 5.61. The van der Waals surface area contributed by atoms with E-state index in [-0.39, 0.29) is 11.8 Å². The molecule has 2 amide bonds. The molecule has 1 fully saturated rings. The molecule has 0 bridgehead atoms. The summed E-state index contributed by atoms with van der Waals surface area (Å²) in [6.07, 6.45) is 2.68. The number of thioether (sulfide) groups is 1. The second-order valence-corrected chi connectivity index (χ2v) is 8.50. The molecule has 0 spiro atoms. The van der Waals surface area contributed by atoms with Gasteiger partial charge in [0.2, 0.25) is 0 Å². The smallest absolute Gasteiger partial charge is 0.293 e. The van der Waals surface area contributed by atoms with Crippen LogP contribution in [0.15, 0.2) is 59.5 Å². The number of hydrogen-bond acceptors (Lipinski definition) is 3. The number of imide groups is 1. The number of nitrogens with zero attached hydrogens (tertiary/aromatic N) is 2. The summed E-state index contributed by atoms with van der Waals surface area (Å²) < 4.78 is 16.2. The molecule has 31 heavy (non-hydrogen) atoms. The number of carbonyl (C=O) groups is 2. The molecule has 158 valence electrons. The van der Waals surface area contributed by atoms with Crippen molar-refractivity contribution in [2.24, 2.45) is 0 Å². The third-order valence-electron chi connectivity index (χ3n) is 5.53. The van der Waals surface area contributed by atoms with Gasteiger partial charge in [-0.2, -0.15) is 0 Å². The highest BCUT2D eigenvalue weighted by Gasteiger charge is 2.35. The first-order valence-electron chi connectivity index (χ1n) is 10.2. The van der Waals surface area contributed by atoms with Crippen molar-refractivity contribution in [3.8, 4) is 5.69 Å². The quantitative estimate of drug-likeness (QED) is 0.460. The van der Waals surface area contributed by atoms with Gasteiger partial charge in [-0.25, -0.2) is 4.39 Å². The fourth-order valence-corrected chi connectivity index (χ4v) is 4.74. The van der Waals surface area contributed by atoms with Crippen molar-refractivity contribution in [1.82, 2.24) is 9.47 Å². The van der Waals surface area contributed by atoms with Crippen LogP contribution < -0.4 is 0 Å². The van der Waals surface area contributed by atoms with Gasteiger partial charge in [0.25, 0.3) is 11.1 Å².